The number of methoxy groups -OCH3 is 1. The Morgan fingerprint density at radius 1 is 1.19 bits per heavy atom. The van der Waals surface area contributed by atoms with Gasteiger partial charge < -0.3 is 4.74 Å². The number of benzene rings is 2. The molecular weight excluding hydrogens is 346 g/mol. The molecule has 0 bridgehead atoms. The second kappa shape index (κ2) is 7.06. The Bertz CT molecular complexity index is 877. The van der Waals surface area contributed by atoms with Crippen LogP contribution in [0.2, 0.25) is 5.02 Å². The summed E-state index contributed by atoms with van der Waals surface area (Å²) in [4.78, 5) is 2.43. The minimum Gasteiger partial charge on any atom is -0.497 e. The van der Waals surface area contributed by atoms with Crippen molar-refractivity contribution in [1.29, 1.82) is 0 Å². The largest absolute Gasteiger partial charge is 0.497 e. The van der Waals surface area contributed by atoms with Crippen LogP contribution < -0.4 is 15.2 Å². The van der Waals surface area contributed by atoms with Crippen molar-refractivity contribution in [2.75, 3.05) is 25.2 Å². The van der Waals surface area contributed by atoms with Crippen molar-refractivity contribution >= 4 is 17.3 Å². The van der Waals surface area contributed by atoms with Crippen LogP contribution in [0.4, 0.5) is 5.69 Å². The first-order valence-electron chi connectivity index (χ1n) is 8.73. The molecule has 0 radical (unpaired) electrons. The topological polar surface area (TPSA) is 27.7 Å². The Morgan fingerprint density at radius 2 is 2.04 bits per heavy atom. The highest BCUT2D eigenvalue weighted by atomic mass is 35.5. The zero-order valence-electron chi connectivity index (χ0n) is 14.8. The van der Waals surface area contributed by atoms with Crippen molar-refractivity contribution < 1.29 is 4.74 Å². The van der Waals surface area contributed by atoms with Gasteiger partial charge in [0.1, 0.15) is 5.75 Å². The van der Waals surface area contributed by atoms with Crippen LogP contribution in [0.3, 0.4) is 0 Å². The van der Waals surface area contributed by atoms with E-state index in [4.69, 9.17) is 16.3 Å². The molecule has 2 aromatic rings. The lowest BCUT2D eigenvalue weighted by molar-refractivity contribution is 0.275. The number of anilines is 1. The lowest BCUT2D eigenvalue weighted by Gasteiger charge is -2.27. The highest BCUT2D eigenvalue weighted by Gasteiger charge is 2.30. The molecule has 2 heterocycles. The van der Waals surface area contributed by atoms with Gasteiger partial charge in [-0.05, 0) is 36.2 Å². The van der Waals surface area contributed by atoms with Crippen molar-refractivity contribution in [2.24, 2.45) is 0 Å². The molecule has 0 aliphatic carbocycles. The Kier molecular flexibility index (Phi) is 4.62. The lowest BCUT2D eigenvalue weighted by atomic mass is 10.0. The van der Waals surface area contributed by atoms with Gasteiger partial charge in [0.25, 0.3) is 0 Å². The molecule has 4 rings (SSSR count). The Labute approximate surface area is 159 Å². The summed E-state index contributed by atoms with van der Waals surface area (Å²) in [6.07, 6.45) is 0.988. The van der Waals surface area contributed by atoms with E-state index in [0.29, 0.717) is 0 Å². The molecule has 0 spiro atoms. The van der Waals surface area contributed by atoms with Gasteiger partial charge in [-0.15, -0.1) is 0 Å². The monoisotopic (exact) mass is 367 g/mol. The molecule has 2 aliphatic rings. The number of allylic oxidation sites excluding steroid dienone is 1. The van der Waals surface area contributed by atoms with E-state index >= 15 is 0 Å². The number of nitrogens with one attached hydrogen (secondary N) is 1. The van der Waals surface area contributed by atoms with Gasteiger partial charge in [-0.25, -0.2) is 0 Å². The number of ether oxygens (including phenoxy) is 1. The zero-order chi connectivity index (χ0) is 18.1. The quantitative estimate of drug-likeness (QED) is 0.869. The predicted octanol–water partition coefficient (Wildman–Crippen LogP) is 4.35. The Morgan fingerprint density at radius 3 is 2.85 bits per heavy atom. The summed E-state index contributed by atoms with van der Waals surface area (Å²) in [6.45, 7) is 7.08. The maximum atomic E-state index is 6.11. The van der Waals surface area contributed by atoms with Crippen LogP contribution in [0, 0.1) is 0 Å². The summed E-state index contributed by atoms with van der Waals surface area (Å²) in [5, 5.41) is 2.84. The maximum Gasteiger partial charge on any atom is 0.121 e. The lowest BCUT2D eigenvalue weighted by Crippen LogP contribution is -2.36. The van der Waals surface area contributed by atoms with E-state index in [0.717, 1.165) is 48.2 Å². The van der Waals surface area contributed by atoms with Crippen molar-refractivity contribution in [3.05, 3.63) is 82.7 Å². The number of hydrazine groups is 1. The van der Waals surface area contributed by atoms with Gasteiger partial charge in [-0.2, -0.15) is 0 Å². The summed E-state index contributed by atoms with van der Waals surface area (Å²) in [5.41, 5.74) is 9.37. The fourth-order valence-corrected chi connectivity index (χ4v) is 3.79. The normalized spacial score (nSPS) is 17.3. The third-order valence-electron chi connectivity index (χ3n) is 4.90. The van der Waals surface area contributed by atoms with E-state index in [-0.39, 0.29) is 0 Å². The van der Waals surface area contributed by atoms with Gasteiger partial charge in [0, 0.05) is 36.3 Å². The van der Waals surface area contributed by atoms with Gasteiger partial charge in [-0.1, -0.05) is 36.4 Å². The second-order valence-electron chi connectivity index (χ2n) is 6.64. The van der Waals surface area contributed by atoms with Gasteiger partial charge in [0.15, 0.2) is 0 Å². The summed E-state index contributed by atoms with van der Waals surface area (Å²) < 4.78 is 5.34. The van der Waals surface area contributed by atoms with Crippen LogP contribution in [-0.2, 0) is 6.54 Å². The van der Waals surface area contributed by atoms with Crippen LogP contribution in [0.25, 0.3) is 0 Å². The second-order valence-corrected chi connectivity index (χ2v) is 7.08. The number of nitrogens with zero attached hydrogens (tertiary/aromatic N) is 2. The molecule has 0 amide bonds. The fraction of sp³-hybridized carbons (Fsp3) is 0.238. The molecule has 134 valence electrons. The van der Waals surface area contributed by atoms with Gasteiger partial charge in [-0.3, -0.25) is 15.3 Å². The number of hydrogen-bond donors (Lipinski definition) is 1. The molecule has 4 nitrogen and oxygen atoms in total. The maximum absolute atomic E-state index is 6.11. The van der Waals surface area contributed by atoms with Crippen LogP contribution >= 0.6 is 11.6 Å². The highest BCUT2D eigenvalue weighted by molar-refractivity contribution is 6.30. The van der Waals surface area contributed by atoms with Gasteiger partial charge in [0.05, 0.1) is 24.2 Å². The van der Waals surface area contributed by atoms with Gasteiger partial charge in [0.2, 0.25) is 0 Å². The molecule has 0 saturated heterocycles. The van der Waals surface area contributed by atoms with E-state index in [1.165, 1.54) is 16.8 Å². The van der Waals surface area contributed by atoms with E-state index in [1.54, 1.807) is 7.11 Å². The molecule has 0 atom stereocenters. The van der Waals surface area contributed by atoms with Crippen molar-refractivity contribution in [3.8, 4) is 5.75 Å². The number of halogens is 1. The molecular formula is C21H22ClN3O. The van der Waals surface area contributed by atoms with E-state index in [9.17, 15) is 0 Å². The van der Waals surface area contributed by atoms with Crippen LogP contribution in [0.5, 0.6) is 5.75 Å². The summed E-state index contributed by atoms with van der Waals surface area (Å²) >= 11 is 6.11. The molecule has 5 heteroatoms. The molecule has 1 N–H and O–H groups in total. The SMILES string of the molecule is C=C1C2=C(CN(Cc3cccc(Cl)c3)CC2)NN1c1cccc(OC)c1. The fourth-order valence-electron chi connectivity index (χ4n) is 3.58. The van der Waals surface area contributed by atoms with Crippen LogP contribution in [0.15, 0.2) is 72.1 Å². The summed E-state index contributed by atoms with van der Waals surface area (Å²) in [6, 6.07) is 16.1. The van der Waals surface area contributed by atoms with E-state index in [1.807, 2.05) is 36.4 Å². The first-order valence-corrected chi connectivity index (χ1v) is 9.11. The first kappa shape index (κ1) is 17.0. The average molecular weight is 368 g/mol. The molecule has 2 aliphatic heterocycles. The standard InChI is InChI=1S/C21H22ClN3O/c1-15-20-9-10-24(13-16-5-3-6-17(22)11-16)14-21(20)23-25(15)18-7-4-8-19(12-18)26-2/h3-8,11-12,23H,1,9-10,13-14H2,2H3. The molecule has 2 aromatic carbocycles. The third kappa shape index (κ3) is 3.30. The molecule has 0 fully saturated rings. The van der Waals surface area contributed by atoms with Crippen molar-refractivity contribution in [3.63, 3.8) is 0 Å². The molecule has 0 aromatic heterocycles. The zero-order valence-corrected chi connectivity index (χ0v) is 15.6. The first-order chi connectivity index (χ1) is 12.6. The Hall–Kier alpha value is -2.43. The molecule has 0 saturated carbocycles. The number of rotatable bonds is 4. The summed E-state index contributed by atoms with van der Waals surface area (Å²) in [5.74, 6) is 0.838. The average Bonchev–Trinajstić information content (AvgIpc) is 2.98. The summed E-state index contributed by atoms with van der Waals surface area (Å²) in [7, 11) is 1.68. The van der Waals surface area contributed by atoms with Crippen molar-refractivity contribution in [2.45, 2.75) is 13.0 Å². The smallest absolute Gasteiger partial charge is 0.121 e. The van der Waals surface area contributed by atoms with Crippen LogP contribution in [0.1, 0.15) is 12.0 Å². The molecule has 0 unspecified atom stereocenters. The van der Waals surface area contributed by atoms with E-state index in [2.05, 4.69) is 34.0 Å². The predicted molar refractivity (Wildman–Crippen MR) is 106 cm³/mol. The van der Waals surface area contributed by atoms with E-state index < -0.39 is 0 Å². The van der Waals surface area contributed by atoms with Crippen molar-refractivity contribution in [1.82, 2.24) is 10.3 Å². The molecule has 26 heavy (non-hydrogen) atoms. The number of hydrogen-bond acceptors (Lipinski definition) is 4. The third-order valence-corrected chi connectivity index (χ3v) is 5.13. The highest BCUT2D eigenvalue weighted by Crippen LogP contribution is 2.34. The Balaban J connectivity index is 1.48. The minimum absolute atomic E-state index is 0.788. The van der Waals surface area contributed by atoms with Gasteiger partial charge >= 0.3 is 0 Å². The minimum atomic E-state index is 0.788. The van der Waals surface area contributed by atoms with Crippen LogP contribution in [-0.4, -0.2) is 25.1 Å².